The smallest absolute Gasteiger partial charge is 0.244 e. The van der Waals surface area contributed by atoms with Crippen molar-refractivity contribution in [2.24, 2.45) is 5.92 Å². The lowest BCUT2D eigenvalue weighted by Gasteiger charge is -2.41. The molecule has 0 saturated heterocycles. The first-order chi connectivity index (χ1) is 13.4. The Morgan fingerprint density at radius 2 is 2.21 bits per heavy atom. The molecule has 5 nitrogen and oxygen atoms in total. The first-order valence-electron chi connectivity index (χ1n) is 9.83. The molecule has 1 amide bonds. The zero-order valence-electron chi connectivity index (χ0n) is 16.6. The molecule has 1 aromatic carbocycles. The number of nitriles is 1. The van der Waals surface area contributed by atoms with Gasteiger partial charge >= 0.3 is 0 Å². The number of amides is 1. The van der Waals surface area contributed by atoms with Crippen LogP contribution >= 0.6 is 11.3 Å². The van der Waals surface area contributed by atoms with Gasteiger partial charge in [0.15, 0.2) is 0 Å². The molecule has 6 heteroatoms. The van der Waals surface area contributed by atoms with Gasteiger partial charge in [-0.15, -0.1) is 11.3 Å². The highest BCUT2D eigenvalue weighted by atomic mass is 32.1. The first kappa shape index (κ1) is 18.8. The van der Waals surface area contributed by atoms with E-state index < -0.39 is 0 Å². The van der Waals surface area contributed by atoms with E-state index in [1.165, 1.54) is 4.88 Å². The summed E-state index contributed by atoms with van der Waals surface area (Å²) in [4.78, 5) is 16.2. The average molecular weight is 395 g/mol. The van der Waals surface area contributed by atoms with Crippen molar-refractivity contribution in [3.8, 4) is 6.07 Å². The van der Waals surface area contributed by atoms with Gasteiger partial charge in [0.25, 0.3) is 0 Å². The number of carbonyl (C=O) groups excluding carboxylic acids is 1. The van der Waals surface area contributed by atoms with Crippen LogP contribution in [0.1, 0.15) is 43.2 Å². The molecule has 0 fully saturated rings. The topological polar surface area (TPSA) is 68.2 Å². The van der Waals surface area contributed by atoms with Crippen LogP contribution in [-0.4, -0.2) is 24.5 Å². The number of carbonyl (C=O) groups is 1. The minimum Gasteiger partial charge on any atom is -0.377 e. The molecule has 28 heavy (non-hydrogen) atoms. The largest absolute Gasteiger partial charge is 0.377 e. The summed E-state index contributed by atoms with van der Waals surface area (Å²) in [7, 11) is 0. The molecule has 2 aromatic rings. The highest BCUT2D eigenvalue weighted by Crippen LogP contribution is 2.39. The van der Waals surface area contributed by atoms with E-state index in [-0.39, 0.29) is 18.0 Å². The van der Waals surface area contributed by atoms with Gasteiger partial charge in [-0.2, -0.15) is 5.26 Å². The second-order valence-electron chi connectivity index (χ2n) is 8.60. The molecular formula is C22H26N4OS. The van der Waals surface area contributed by atoms with Crippen molar-refractivity contribution in [2.75, 3.05) is 28.6 Å². The predicted octanol–water partition coefficient (Wildman–Crippen LogP) is 4.39. The molecule has 2 N–H and O–H groups in total. The minimum absolute atomic E-state index is 0.0735. The van der Waals surface area contributed by atoms with Crippen LogP contribution in [0.4, 0.5) is 16.4 Å². The normalized spacial score (nSPS) is 19.8. The number of anilines is 3. The van der Waals surface area contributed by atoms with Crippen LogP contribution in [-0.2, 0) is 17.6 Å². The van der Waals surface area contributed by atoms with E-state index in [1.54, 1.807) is 11.3 Å². The summed E-state index contributed by atoms with van der Waals surface area (Å²) >= 11 is 1.58. The monoisotopic (exact) mass is 394 g/mol. The molecule has 1 aliphatic heterocycles. The highest BCUT2D eigenvalue weighted by Gasteiger charge is 2.31. The van der Waals surface area contributed by atoms with Crippen molar-refractivity contribution < 1.29 is 4.79 Å². The number of para-hydroxylation sites is 2. The number of fused-ring (bicyclic) bond motifs is 2. The van der Waals surface area contributed by atoms with Crippen LogP contribution in [0.25, 0.3) is 0 Å². The second kappa shape index (κ2) is 7.14. The summed E-state index contributed by atoms with van der Waals surface area (Å²) in [6.45, 7) is 7.52. The van der Waals surface area contributed by atoms with Crippen molar-refractivity contribution >= 4 is 33.6 Å². The van der Waals surface area contributed by atoms with Gasteiger partial charge in [-0.25, -0.2) is 0 Å². The summed E-state index contributed by atoms with van der Waals surface area (Å²) < 4.78 is 0. The summed E-state index contributed by atoms with van der Waals surface area (Å²) in [5.74, 6) is 0.566. The molecular weight excluding hydrogens is 368 g/mol. The summed E-state index contributed by atoms with van der Waals surface area (Å²) in [6.07, 6.45) is 3.05. The van der Waals surface area contributed by atoms with Crippen LogP contribution in [0, 0.1) is 17.2 Å². The third-order valence-corrected chi connectivity index (χ3v) is 6.68. The summed E-state index contributed by atoms with van der Waals surface area (Å²) in [6, 6.07) is 10.4. The zero-order chi connectivity index (χ0) is 19.9. The third-order valence-electron chi connectivity index (χ3n) is 5.51. The number of thiophene rings is 1. The Morgan fingerprint density at radius 3 is 3.00 bits per heavy atom. The molecule has 2 aliphatic rings. The van der Waals surface area contributed by atoms with Gasteiger partial charge in [0.05, 0.1) is 23.5 Å². The van der Waals surface area contributed by atoms with E-state index in [1.807, 2.05) is 24.3 Å². The molecule has 0 saturated carbocycles. The first-order valence-corrected chi connectivity index (χ1v) is 10.6. The van der Waals surface area contributed by atoms with Gasteiger partial charge in [0, 0.05) is 17.0 Å². The summed E-state index contributed by atoms with van der Waals surface area (Å²) in [5.41, 5.74) is 3.78. The molecule has 146 valence electrons. The molecule has 0 bridgehead atoms. The number of nitrogens with zero attached hydrogens (tertiary/aromatic N) is 2. The number of rotatable bonds is 3. The van der Waals surface area contributed by atoms with Crippen molar-refractivity contribution in [1.29, 1.82) is 5.26 Å². The Balaban J connectivity index is 1.54. The third kappa shape index (κ3) is 3.59. The maximum Gasteiger partial charge on any atom is 0.244 e. The van der Waals surface area contributed by atoms with Crippen LogP contribution in [0.3, 0.4) is 0 Å². The SMILES string of the molecule is CC1CCc2c(sc(NC(=O)CN3CC(C)(C)Nc4ccccc43)c2C#N)C1. The minimum atomic E-state index is -0.120. The molecule has 0 radical (unpaired) electrons. The van der Waals surface area contributed by atoms with Crippen LogP contribution < -0.4 is 15.5 Å². The standard InChI is InChI=1S/C22H26N4OS/c1-14-8-9-15-16(11-23)21(28-19(15)10-14)24-20(27)12-26-13-22(2,3)25-17-6-4-5-7-18(17)26/h4-7,14,25H,8-10,12-13H2,1-3H3,(H,24,27). The average Bonchev–Trinajstić information content (AvgIpc) is 2.96. The quantitative estimate of drug-likeness (QED) is 0.810. The van der Waals surface area contributed by atoms with E-state index in [2.05, 4.69) is 42.4 Å². The second-order valence-corrected chi connectivity index (χ2v) is 9.70. The number of nitrogens with one attached hydrogen (secondary N) is 2. The van der Waals surface area contributed by atoms with Crippen molar-refractivity contribution in [3.63, 3.8) is 0 Å². The molecule has 1 atom stereocenters. The van der Waals surface area contributed by atoms with Crippen LogP contribution in [0.5, 0.6) is 0 Å². The van der Waals surface area contributed by atoms with Gasteiger partial charge in [-0.1, -0.05) is 19.1 Å². The Kier molecular flexibility index (Phi) is 4.80. The molecule has 1 aliphatic carbocycles. The Morgan fingerprint density at radius 1 is 1.43 bits per heavy atom. The van der Waals surface area contributed by atoms with Gasteiger partial charge in [0.2, 0.25) is 5.91 Å². The van der Waals surface area contributed by atoms with Crippen molar-refractivity contribution in [3.05, 3.63) is 40.3 Å². The van der Waals surface area contributed by atoms with Gasteiger partial charge in [-0.3, -0.25) is 4.79 Å². The lowest BCUT2D eigenvalue weighted by Crippen LogP contribution is -2.50. The Labute approximate surface area is 170 Å². The highest BCUT2D eigenvalue weighted by molar-refractivity contribution is 7.16. The molecule has 4 rings (SSSR count). The zero-order valence-corrected chi connectivity index (χ0v) is 17.4. The van der Waals surface area contributed by atoms with Crippen molar-refractivity contribution in [2.45, 2.75) is 45.6 Å². The lowest BCUT2D eigenvalue weighted by atomic mass is 9.89. The van der Waals surface area contributed by atoms with Crippen LogP contribution in [0.2, 0.25) is 0 Å². The number of hydrogen-bond donors (Lipinski definition) is 2. The van der Waals surface area contributed by atoms with E-state index in [9.17, 15) is 10.1 Å². The number of benzene rings is 1. The maximum absolute atomic E-state index is 12.9. The fraction of sp³-hybridized carbons (Fsp3) is 0.455. The van der Waals surface area contributed by atoms with E-state index >= 15 is 0 Å². The van der Waals surface area contributed by atoms with Gasteiger partial charge in [0.1, 0.15) is 11.1 Å². The van der Waals surface area contributed by atoms with Gasteiger partial charge in [-0.05, 0) is 56.7 Å². The lowest BCUT2D eigenvalue weighted by molar-refractivity contribution is -0.115. The fourth-order valence-corrected chi connectivity index (χ4v) is 5.64. The Bertz CT molecular complexity index is 956. The maximum atomic E-state index is 12.9. The number of hydrogen-bond acceptors (Lipinski definition) is 5. The van der Waals surface area contributed by atoms with E-state index in [0.29, 0.717) is 16.5 Å². The molecule has 2 heterocycles. The van der Waals surface area contributed by atoms with Crippen LogP contribution in [0.15, 0.2) is 24.3 Å². The summed E-state index contributed by atoms with van der Waals surface area (Å²) in [5, 5.41) is 16.9. The fourth-order valence-electron chi connectivity index (χ4n) is 4.26. The van der Waals surface area contributed by atoms with Crippen molar-refractivity contribution in [1.82, 2.24) is 0 Å². The molecule has 1 unspecified atom stereocenters. The predicted molar refractivity (Wildman–Crippen MR) is 115 cm³/mol. The molecule has 1 aromatic heterocycles. The molecule has 0 spiro atoms. The van der Waals surface area contributed by atoms with E-state index in [4.69, 9.17) is 0 Å². The van der Waals surface area contributed by atoms with E-state index in [0.717, 1.165) is 42.7 Å². The Hall–Kier alpha value is -2.52. The van der Waals surface area contributed by atoms with Gasteiger partial charge < -0.3 is 15.5 Å².